The Balaban J connectivity index is 3.85. The summed E-state index contributed by atoms with van der Waals surface area (Å²) in [5.74, 6) is -1.09. The van der Waals surface area contributed by atoms with Crippen molar-refractivity contribution in [3.8, 4) is 0 Å². The molecule has 0 rings (SSSR count). The summed E-state index contributed by atoms with van der Waals surface area (Å²) in [5, 5.41) is 17.0. The van der Waals surface area contributed by atoms with Gasteiger partial charge in [-0.25, -0.2) is 4.79 Å². The number of rotatable bonds is 4. The molecule has 0 aliphatic rings. The van der Waals surface area contributed by atoms with E-state index in [1.54, 1.807) is 0 Å². The zero-order valence-electron chi connectivity index (χ0n) is 5.70. The van der Waals surface area contributed by atoms with Crippen LogP contribution in [0, 0.1) is 5.41 Å². The number of nitrogens with two attached hydrogens (primary N) is 1. The molecule has 5 N–H and O–H groups in total. The van der Waals surface area contributed by atoms with Gasteiger partial charge in [0, 0.05) is 6.21 Å². The third-order valence-corrected chi connectivity index (χ3v) is 0.923. The van der Waals surface area contributed by atoms with E-state index in [9.17, 15) is 9.59 Å². The van der Waals surface area contributed by atoms with Crippen LogP contribution in [-0.4, -0.2) is 29.4 Å². The van der Waals surface area contributed by atoms with Gasteiger partial charge in [-0.15, -0.1) is 0 Å². The van der Waals surface area contributed by atoms with Gasteiger partial charge in [0.15, 0.2) is 0 Å². The van der Waals surface area contributed by atoms with E-state index in [0.717, 1.165) is 6.21 Å². The lowest BCUT2D eigenvalue weighted by Crippen LogP contribution is -2.40. The summed E-state index contributed by atoms with van der Waals surface area (Å²) in [7, 11) is 0. The number of amides is 2. The van der Waals surface area contributed by atoms with Gasteiger partial charge in [0.05, 0.1) is 12.5 Å². The van der Waals surface area contributed by atoms with Gasteiger partial charge in [0.25, 0.3) is 0 Å². The van der Waals surface area contributed by atoms with Crippen LogP contribution in [0.2, 0.25) is 0 Å². The molecular weight excluding hydrogens is 150 g/mol. The zero-order valence-corrected chi connectivity index (χ0v) is 5.70. The third kappa shape index (κ3) is 4.89. The van der Waals surface area contributed by atoms with Gasteiger partial charge in [-0.2, -0.15) is 0 Å². The maximum Gasteiger partial charge on any atom is 0.312 e. The van der Waals surface area contributed by atoms with Gasteiger partial charge in [0.2, 0.25) is 0 Å². The largest absolute Gasteiger partial charge is 0.481 e. The van der Waals surface area contributed by atoms with Crippen molar-refractivity contribution in [1.29, 1.82) is 5.41 Å². The second-order valence-corrected chi connectivity index (χ2v) is 1.88. The van der Waals surface area contributed by atoms with E-state index >= 15 is 0 Å². The van der Waals surface area contributed by atoms with Crippen LogP contribution in [0.5, 0.6) is 0 Å². The first-order valence-electron chi connectivity index (χ1n) is 2.84. The number of carbonyl (C=O) groups is 2. The SMILES string of the molecule is N=CC(CC(=O)O)NC(N)=O. The fourth-order valence-electron chi connectivity index (χ4n) is 0.522. The second-order valence-electron chi connectivity index (χ2n) is 1.88. The fourth-order valence-corrected chi connectivity index (χ4v) is 0.522. The molecule has 11 heavy (non-hydrogen) atoms. The Morgan fingerprint density at radius 3 is 2.55 bits per heavy atom. The molecule has 0 heterocycles. The molecule has 0 saturated carbocycles. The number of hydrogen-bond acceptors (Lipinski definition) is 3. The number of hydrogen-bond donors (Lipinski definition) is 4. The summed E-state index contributed by atoms with van der Waals surface area (Å²) in [6, 6.07) is -1.65. The van der Waals surface area contributed by atoms with Crippen LogP contribution in [0.1, 0.15) is 6.42 Å². The van der Waals surface area contributed by atoms with Gasteiger partial charge in [-0.3, -0.25) is 4.79 Å². The number of carboxylic acids is 1. The number of primary amides is 1. The van der Waals surface area contributed by atoms with Crippen LogP contribution in [0.3, 0.4) is 0 Å². The molecule has 62 valence electrons. The fraction of sp³-hybridized carbons (Fsp3) is 0.400. The highest BCUT2D eigenvalue weighted by Crippen LogP contribution is 1.86. The summed E-state index contributed by atoms with van der Waals surface area (Å²) in [5.41, 5.74) is 4.70. The highest BCUT2D eigenvalue weighted by atomic mass is 16.4. The molecular formula is C5H9N3O3. The molecule has 0 bridgehead atoms. The minimum absolute atomic E-state index is 0.327. The molecule has 0 spiro atoms. The van der Waals surface area contributed by atoms with E-state index in [2.05, 4.69) is 5.32 Å². The van der Waals surface area contributed by atoms with Gasteiger partial charge >= 0.3 is 12.0 Å². The molecule has 0 aromatic carbocycles. The predicted octanol–water partition coefficient (Wildman–Crippen LogP) is -0.852. The Hall–Kier alpha value is -1.59. The first-order valence-corrected chi connectivity index (χ1v) is 2.84. The van der Waals surface area contributed by atoms with E-state index in [-0.39, 0.29) is 6.42 Å². The first-order chi connectivity index (χ1) is 5.06. The Morgan fingerprint density at radius 2 is 2.27 bits per heavy atom. The van der Waals surface area contributed by atoms with Crippen LogP contribution >= 0.6 is 0 Å². The highest BCUT2D eigenvalue weighted by Gasteiger charge is 2.10. The monoisotopic (exact) mass is 159 g/mol. The summed E-state index contributed by atoms with van der Waals surface area (Å²) < 4.78 is 0. The average molecular weight is 159 g/mol. The van der Waals surface area contributed by atoms with Gasteiger partial charge in [0.1, 0.15) is 0 Å². The number of aliphatic carboxylic acids is 1. The Labute approximate surface area is 62.9 Å². The van der Waals surface area contributed by atoms with Crippen molar-refractivity contribution in [1.82, 2.24) is 5.32 Å². The summed E-state index contributed by atoms with van der Waals surface area (Å²) in [6.45, 7) is 0. The normalized spacial score (nSPS) is 11.6. The van der Waals surface area contributed by atoms with Crippen LogP contribution in [-0.2, 0) is 4.79 Å². The molecule has 6 heteroatoms. The van der Waals surface area contributed by atoms with Crippen LogP contribution in [0.4, 0.5) is 4.79 Å². The van der Waals surface area contributed by atoms with Crippen LogP contribution < -0.4 is 11.1 Å². The standard InChI is InChI=1S/C5H9N3O3/c6-2-3(1-4(9)10)8-5(7)11/h2-3,6H,1H2,(H,9,10)(H3,7,8,11). The number of urea groups is 1. The molecule has 0 aliphatic heterocycles. The Morgan fingerprint density at radius 1 is 1.73 bits per heavy atom. The van der Waals surface area contributed by atoms with Crippen molar-refractivity contribution in [2.45, 2.75) is 12.5 Å². The van der Waals surface area contributed by atoms with Gasteiger partial charge in [-0.1, -0.05) is 0 Å². The molecule has 1 unspecified atom stereocenters. The number of carboxylic acid groups (broad SMARTS) is 1. The predicted molar refractivity (Wildman–Crippen MR) is 37.5 cm³/mol. The maximum absolute atomic E-state index is 10.2. The molecule has 6 nitrogen and oxygen atoms in total. The third-order valence-electron chi connectivity index (χ3n) is 0.923. The molecule has 0 saturated heterocycles. The highest BCUT2D eigenvalue weighted by molar-refractivity contribution is 5.80. The molecule has 0 aromatic rings. The Bertz CT molecular complexity index is 164. The van der Waals surface area contributed by atoms with E-state index in [4.69, 9.17) is 16.2 Å². The molecule has 0 aliphatic carbocycles. The Kier molecular flexibility index (Phi) is 3.65. The van der Waals surface area contributed by atoms with Crippen molar-refractivity contribution in [3.05, 3.63) is 0 Å². The number of carbonyl (C=O) groups excluding carboxylic acids is 1. The van der Waals surface area contributed by atoms with Crippen LogP contribution in [0.15, 0.2) is 0 Å². The summed E-state index contributed by atoms with van der Waals surface area (Å²) in [4.78, 5) is 20.2. The molecule has 2 amide bonds. The van der Waals surface area contributed by atoms with Gasteiger partial charge in [-0.05, 0) is 0 Å². The maximum atomic E-state index is 10.2. The van der Waals surface area contributed by atoms with E-state index in [1.165, 1.54) is 0 Å². The lowest BCUT2D eigenvalue weighted by Gasteiger charge is -2.07. The molecule has 0 aromatic heterocycles. The van der Waals surface area contributed by atoms with Crippen molar-refractivity contribution in [2.24, 2.45) is 5.73 Å². The van der Waals surface area contributed by atoms with E-state index in [0.29, 0.717) is 0 Å². The minimum atomic E-state index is -1.09. The van der Waals surface area contributed by atoms with Crippen molar-refractivity contribution in [2.75, 3.05) is 0 Å². The first kappa shape index (κ1) is 9.41. The van der Waals surface area contributed by atoms with Crippen molar-refractivity contribution >= 4 is 18.2 Å². The topological polar surface area (TPSA) is 116 Å². The smallest absolute Gasteiger partial charge is 0.312 e. The van der Waals surface area contributed by atoms with Crippen molar-refractivity contribution in [3.63, 3.8) is 0 Å². The summed E-state index contributed by atoms with van der Waals surface area (Å²) >= 11 is 0. The van der Waals surface area contributed by atoms with E-state index < -0.39 is 18.0 Å². The summed E-state index contributed by atoms with van der Waals surface area (Å²) in [6.07, 6.45) is 0.491. The quantitative estimate of drug-likeness (QED) is 0.400. The minimum Gasteiger partial charge on any atom is -0.481 e. The zero-order chi connectivity index (χ0) is 8.85. The lowest BCUT2D eigenvalue weighted by atomic mass is 10.2. The van der Waals surface area contributed by atoms with Crippen molar-refractivity contribution < 1.29 is 14.7 Å². The average Bonchev–Trinajstić information content (AvgIpc) is 1.84. The van der Waals surface area contributed by atoms with Gasteiger partial charge < -0.3 is 21.6 Å². The lowest BCUT2D eigenvalue weighted by molar-refractivity contribution is -0.137. The number of nitrogens with one attached hydrogen (secondary N) is 2. The van der Waals surface area contributed by atoms with E-state index in [1.807, 2.05) is 0 Å². The molecule has 1 atom stereocenters. The molecule has 0 radical (unpaired) electrons. The second kappa shape index (κ2) is 4.26. The molecule has 0 fully saturated rings. The van der Waals surface area contributed by atoms with Crippen LogP contribution in [0.25, 0.3) is 0 Å².